The van der Waals surface area contributed by atoms with Gasteiger partial charge in [0.1, 0.15) is 0 Å². The minimum absolute atomic E-state index is 0.190. The molecule has 4 heteroatoms. The van der Waals surface area contributed by atoms with E-state index in [-0.39, 0.29) is 17.9 Å². The Morgan fingerprint density at radius 2 is 2.12 bits per heavy atom. The summed E-state index contributed by atoms with van der Waals surface area (Å²) < 4.78 is 0. The van der Waals surface area contributed by atoms with Crippen LogP contribution in [-0.2, 0) is 4.79 Å². The summed E-state index contributed by atoms with van der Waals surface area (Å²) >= 11 is 0. The van der Waals surface area contributed by atoms with Crippen LogP contribution in [0.3, 0.4) is 0 Å². The number of nitrogens with two attached hydrogens (primary N) is 1. The van der Waals surface area contributed by atoms with Crippen molar-refractivity contribution < 1.29 is 4.79 Å². The van der Waals surface area contributed by atoms with Gasteiger partial charge in [-0.1, -0.05) is 6.92 Å². The molecular weight excluding hydrogens is 214 g/mol. The SMILES string of the molecule is CC1CC(C(=O)NC2CCN(C)C2)CCC1N. The molecule has 0 aromatic rings. The molecule has 1 heterocycles. The molecule has 1 aliphatic heterocycles. The van der Waals surface area contributed by atoms with Crippen molar-refractivity contribution in [2.24, 2.45) is 17.6 Å². The summed E-state index contributed by atoms with van der Waals surface area (Å²) in [5.74, 6) is 0.922. The van der Waals surface area contributed by atoms with Crippen LogP contribution in [0.5, 0.6) is 0 Å². The lowest BCUT2D eigenvalue weighted by Gasteiger charge is -2.31. The first kappa shape index (κ1) is 12.8. The molecule has 1 saturated heterocycles. The molecule has 1 aliphatic carbocycles. The zero-order chi connectivity index (χ0) is 12.4. The summed E-state index contributed by atoms with van der Waals surface area (Å²) in [4.78, 5) is 14.4. The maximum Gasteiger partial charge on any atom is 0.223 e. The van der Waals surface area contributed by atoms with Gasteiger partial charge in [0.15, 0.2) is 0 Å². The third-order valence-electron chi connectivity index (χ3n) is 4.34. The monoisotopic (exact) mass is 239 g/mol. The minimum atomic E-state index is 0.190. The fourth-order valence-electron chi connectivity index (χ4n) is 3.03. The van der Waals surface area contributed by atoms with Crippen molar-refractivity contribution in [1.82, 2.24) is 10.2 Å². The number of likely N-dealkylation sites (tertiary alicyclic amines) is 1. The number of hydrogen-bond acceptors (Lipinski definition) is 3. The van der Waals surface area contributed by atoms with Crippen LogP contribution in [0.25, 0.3) is 0 Å². The predicted octanol–water partition coefficient (Wildman–Crippen LogP) is 0.570. The first-order chi connectivity index (χ1) is 8.06. The summed E-state index contributed by atoms with van der Waals surface area (Å²) in [5, 5.41) is 3.19. The lowest BCUT2D eigenvalue weighted by atomic mass is 9.79. The minimum Gasteiger partial charge on any atom is -0.352 e. The Hall–Kier alpha value is -0.610. The van der Waals surface area contributed by atoms with Gasteiger partial charge in [-0.25, -0.2) is 0 Å². The molecule has 2 fully saturated rings. The van der Waals surface area contributed by atoms with Crippen LogP contribution in [-0.4, -0.2) is 43.0 Å². The first-order valence-corrected chi connectivity index (χ1v) is 6.80. The van der Waals surface area contributed by atoms with Crippen LogP contribution >= 0.6 is 0 Å². The maximum absolute atomic E-state index is 12.1. The van der Waals surface area contributed by atoms with Crippen molar-refractivity contribution in [3.63, 3.8) is 0 Å². The van der Waals surface area contributed by atoms with Crippen molar-refractivity contribution >= 4 is 5.91 Å². The number of hydrogen-bond donors (Lipinski definition) is 2. The molecule has 4 nitrogen and oxygen atoms in total. The fraction of sp³-hybridized carbons (Fsp3) is 0.923. The lowest BCUT2D eigenvalue weighted by Crippen LogP contribution is -2.44. The smallest absolute Gasteiger partial charge is 0.223 e. The highest BCUT2D eigenvalue weighted by Crippen LogP contribution is 2.28. The van der Waals surface area contributed by atoms with Gasteiger partial charge in [-0.3, -0.25) is 4.79 Å². The highest BCUT2D eigenvalue weighted by molar-refractivity contribution is 5.79. The van der Waals surface area contributed by atoms with Gasteiger partial charge in [0.2, 0.25) is 5.91 Å². The van der Waals surface area contributed by atoms with Crippen molar-refractivity contribution in [2.45, 2.75) is 44.7 Å². The van der Waals surface area contributed by atoms with E-state index in [1.807, 2.05) is 0 Å². The van der Waals surface area contributed by atoms with E-state index in [4.69, 9.17) is 5.73 Å². The number of carbonyl (C=O) groups excluding carboxylic acids is 1. The van der Waals surface area contributed by atoms with Gasteiger partial charge in [0, 0.05) is 24.5 Å². The molecule has 0 bridgehead atoms. The third kappa shape index (κ3) is 3.19. The molecule has 1 amide bonds. The second kappa shape index (κ2) is 5.36. The lowest BCUT2D eigenvalue weighted by molar-refractivity contribution is -0.127. The zero-order valence-corrected chi connectivity index (χ0v) is 11.0. The second-order valence-electron chi connectivity index (χ2n) is 5.91. The topological polar surface area (TPSA) is 58.4 Å². The number of nitrogens with one attached hydrogen (secondary N) is 1. The van der Waals surface area contributed by atoms with Crippen LogP contribution in [0.2, 0.25) is 0 Å². The molecular formula is C13H25N3O. The Morgan fingerprint density at radius 1 is 1.35 bits per heavy atom. The summed E-state index contributed by atoms with van der Waals surface area (Å²) in [5.41, 5.74) is 5.98. The normalized spacial score (nSPS) is 39.2. The van der Waals surface area contributed by atoms with E-state index in [1.165, 1.54) is 0 Å². The molecule has 0 radical (unpaired) electrons. The molecule has 4 unspecified atom stereocenters. The molecule has 2 aliphatic rings. The van der Waals surface area contributed by atoms with Crippen LogP contribution in [0.4, 0.5) is 0 Å². The van der Waals surface area contributed by atoms with Crippen molar-refractivity contribution in [2.75, 3.05) is 20.1 Å². The Kier molecular flexibility index (Phi) is 4.05. The van der Waals surface area contributed by atoms with Gasteiger partial charge in [-0.2, -0.15) is 0 Å². The average molecular weight is 239 g/mol. The number of likely N-dealkylation sites (N-methyl/N-ethyl adjacent to an activating group) is 1. The van der Waals surface area contributed by atoms with Crippen LogP contribution in [0.1, 0.15) is 32.6 Å². The zero-order valence-electron chi connectivity index (χ0n) is 11.0. The summed E-state index contributed by atoms with van der Waals surface area (Å²) in [6.45, 7) is 4.25. The molecule has 0 aromatic carbocycles. The standard InChI is InChI=1S/C13H25N3O/c1-9-7-10(3-4-12(9)14)13(17)15-11-5-6-16(2)8-11/h9-12H,3-8,14H2,1-2H3,(H,15,17). The first-order valence-electron chi connectivity index (χ1n) is 6.80. The van der Waals surface area contributed by atoms with E-state index < -0.39 is 0 Å². The van der Waals surface area contributed by atoms with Crippen LogP contribution in [0.15, 0.2) is 0 Å². The molecule has 17 heavy (non-hydrogen) atoms. The fourth-order valence-corrected chi connectivity index (χ4v) is 3.03. The van der Waals surface area contributed by atoms with Gasteiger partial charge in [0.25, 0.3) is 0 Å². The van der Waals surface area contributed by atoms with E-state index >= 15 is 0 Å². The van der Waals surface area contributed by atoms with E-state index in [9.17, 15) is 4.79 Å². The van der Waals surface area contributed by atoms with Gasteiger partial charge in [0.05, 0.1) is 0 Å². The van der Waals surface area contributed by atoms with Crippen molar-refractivity contribution in [1.29, 1.82) is 0 Å². The molecule has 1 saturated carbocycles. The third-order valence-corrected chi connectivity index (χ3v) is 4.34. The largest absolute Gasteiger partial charge is 0.352 e. The van der Waals surface area contributed by atoms with Crippen LogP contribution < -0.4 is 11.1 Å². The molecule has 98 valence electrons. The second-order valence-corrected chi connectivity index (χ2v) is 5.91. The molecule has 2 rings (SSSR count). The molecule has 0 spiro atoms. The number of carbonyl (C=O) groups is 1. The summed E-state index contributed by atoms with van der Waals surface area (Å²) in [6, 6.07) is 0.648. The molecule has 4 atom stereocenters. The van der Waals surface area contributed by atoms with Gasteiger partial charge < -0.3 is 16.0 Å². The average Bonchev–Trinajstić information content (AvgIpc) is 2.68. The van der Waals surface area contributed by atoms with Crippen molar-refractivity contribution in [3.8, 4) is 0 Å². The van der Waals surface area contributed by atoms with Gasteiger partial charge in [-0.15, -0.1) is 0 Å². The Balaban J connectivity index is 1.80. The summed E-state index contributed by atoms with van der Waals surface area (Å²) in [7, 11) is 2.11. The van der Waals surface area contributed by atoms with Crippen LogP contribution in [0, 0.1) is 11.8 Å². The van der Waals surface area contributed by atoms with Gasteiger partial charge in [-0.05, 0) is 45.2 Å². The van der Waals surface area contributed by atoms with E-state index in [1.54, 1.807) is 0 Å². The Bertz CT molecular complexity index is 282. The summed E-state index contributed by atoms with van der Waals surface area (Å²) in [6.07, 6.45) is 3.99. The number of nitrogens with zero attached hydrogens (tertiary/aromatic N) is 1. The highest BCUT2D eigenvalue weighted by atomic mass is 16.2. The van der Waals surface area contributed by atoms with Crippen molar-refractivity contribution in [3.05, 3.63) is 0 Å². The van der Waals surface area contributed by atoms with Gasteiger partial charge >= 0.3 is 0 Å². The van der Waals surface area contributed by atoms with E-state index in [0.29, 0.717) is 12.0 Å². The Labute approximate surface area is 104 Å². The van der Waals surface area contributed by atoms with E-state index in [2.05, 4.69) is 24.2 Å². The quantitative estimate of drug-likeness (QED) is 0.741. The maximum atomic E-state index is 12.1. The molecule has 3 N–H and O–H groups in total. The number of rotatable bonds is 2. The predicted molar refractivity (Wildman–Crippen MR) is 68.5 cm³/mol. The highest BCUT2D eigenvalue weighted by Gasteiger charge is 2.31. The molecule has 0 aromatic heterocycles. The Morgan fingerprint density at radius 3 is 2.71 bits per heavy atom. The number of amides is 1. The van der Waals surface area contributed by atoms with E-state index in [0.717, 1.165) is 38.8 Å².